The van der Waals surface area contributed by atoms with Gasteiger partial charge in [-0.25, -0.2) is 0 Å². The topological polar surface area (TPSA) is 64.5 Å². The Morgan fingerprint density at radius 3 is 2.26 bits per heavy atom. The second kappa shape index (κ2) is 11.0. The van der Waals surface area contributed by atoms with Crippen LogP contribution >= 0.6 is 11.3 Å². The molecule has 2 saturated carbocycles. The average molecular weight is 498 g/mol. The number of piperidine rings is 1. The van der Waals surface area contributed by atoms with E-state index < -0.39 is 0 Å². The summed E-state index contributed by atoms with van der Waals surface area (Å²) in [7, 11) is 3.41. The summed E-state index contributed by atoms with van der Waals surface area (Å²) in [6, 6.07) is 8.84. The molecule has 7 heteroatoms. The van der Waals surface area contributed by atoms with Gasteiger partial charge in [0.1, 0.15) is 10.0 Å². The highest BCUT2D eigenvalue weighted by atomic mass is 32.1. The molecule has 35 heavy (non-hydrogen) atoms. The first-order valence-electron chi connectivity index (χ1n) is 13.4. The first-order chi connectivity index (χ1) is 17.1. The van der Waals surface area contributed by atoms with Crippen molar-refractivity contribution in [3.63, 3.8) is 0 Å². The van der Waals surface area contributed by atoms with Crippen LogP contribution in [0.3, 0.4) is 0 Å². The van der Waals surface area contributed by atoms with Crippen LogP contribution in [0.4, 0.5) is 5.69 Å². The van der Waals surface area contributed by atoms with E-state index in [1.54, 1.807) is 11.3 Å². The summed E-state index contributed by atoms with van der Waals surface area (Å²) < 4.78 is 11.1. The monoisotopic (exact) mass is 497 g/mol. The normalized spacial score (nSPS) is 25.4. The minimum absolute atomic E-state index is 0.0442. The fourth-order valence-corrected chi connectivity index (χ4v) is 7.64. The fraction of sp³-hybridized carbons (Fsp3) is 0.679. The van der Waals surface area contributed by atoms with Crippen LogP contribution in [0.1, 0.15) is 81.6 Å². The van der Waals surface area contributed by atoms with Crippen LogP contribution in [0, 0.1) is 11.8 Å². The zero-order valence-electron chi connectivity index (χ0n) is 21.2. The second-order valence-corrected chi connectivity index (χ2v) is 11.7. The molecule has 190 valence electrons. The Hall–Kier alpha value is -1.99. The van der Waals surface area contributed by atoms with Gasteiger partial charge in [-0.15, -0.1) is 10.2 Å². The van der Waals surface area contributed by atoms with Gasteiger partial charge in [0.2, 0.25) is 0 Å². The number of hydrogen-bond donors (Lipinski definition) is 0. The van der Waals surface area contributed by atoms with E-state index in [0.717, 1.165) is 73.1 Å². The molecule has 0 radical (unpaired) electrons. The summed E-state index contributed by atoms with van der Waals surface area (Å²) in [6.45, 7) is 2.11. The lowest BCUT2D eigenvalue weighted by atomic mass is 9.72. The third kappa shape index (κ3) is 5.26. The van der Waals surface area contributed by atoms with Crippen LogP contribution in [0.15, 0.2) is 24.3 Å². The van der Waals surface area contributed by atoms with Gasteiger partial charge in [0.15, 0.2) is 0 Å². The predicted molar refractivity (Wildman–Crippen MR) is 140 cm³/mol. The number of nitrogens with zero attached hydrogens (tertiary/aromatic N) is 3. The number of anilines is 1. The molecule has 5 rings (SSSR count). The standard InChI is InChI=1S/C28H39N3O3S/c1-33-27(32)22-10-8-20(9-11-22)25-29-30-26(35-25)21-12-14-24(15-13-21)31-18-16-28(34-2,17-19-31)23-6-4-3-5-7-23/h12-15,20,22-23H,3-11,16-19H2,1-2H3. The van der Waals surface area contributed by atoms with Crippen molar-refractivity contribution in [2.24, 2.45) is 11.8 Å². The van der Waals surface area contributed by atoms with Crippen LogP contribution in [0.25, 0.3) is 10.6 Å². The molecular formula is C28H39N3O3S. The number of carbonyl (C=O) groups excluding carboxylic acids is 1. The summed E-state index contributed by atoms with van der Waals surface area (Å²) in [6.07, 6.45) is 12.7. The molecule has 0 amide bonds. The average Bonchev–Trinajstić information content (AvgIpc) is 3.44. The molecule has 1 saturated heterocycles. The predicted octanol–water partition coefficient (Wildman–Crippen LogP) is 6.22. The maximum absolute atomic E-state index is 11.8. The maximum atomic E-state index is 11.8. The highest BCUT2D eigenvalue weighted by Crippen LogP contribution is 2.42. The smallest absolute Gasteiger partial charge is 0.308 e. The second-order valence-electron chi connectivity index (χ2n) is 10.7. The molecule has 1 aromatic carbocycles. The minimum Gasteiger partial charge on any atom is -0.469 e. The van der Waals surface area contributed by atoms with E-state index >= 15 is 0 Å². The molecule has 2 heterocycles. The quantitative estimate of drug-likeness (QED) is 0.442. The van der Waals surface area contributed by atoms with Crippen LogP contribution < -0.4 is 4.90 Å². The molecule has 0 spiro atoms. The largest absolute Gasteiger partial charge is 0.469 e. The van der Waals surface area contributed by atoms with E-state index in [-0.39, 0.29) is 17.5 Å². The van der Waals surface area contributed by atoms with Crippen molar-refractivity contribution in [1.29, 1.82) is 0 Å². The number of rotatable bonds is 6. The Bertz CT molecular complexity index is 970. The van der Waals surface area contributed by atoms with E-state index in [9.17, 15) is 4.79 Å². The summed E-state index contributed by atoms with van der Waals surface area (Å²) in [5.74, 6) is 1.10. The molecule has 2 aromatic rings. The van der Waals surface area contributed by atoms with Gasteiger partial charge in [0.25, 0.3) is 0 Å². The highest BCUT2D eigenvalue weighted by molar-refractivity contribution is 7.14. The Balaban J connectivity index is 1.18. The van der Waals surface area contributed by atoms with Gasteiger partial charge in [-0.2, -0.15) is 0 Å². The van der Waals surface area contributed by atoms with Gasteiger partial charge in [0.05, 0.1) is 18.6 Å². The maximum Gasteiger partial charge on any atom is 0.308 e. The van der Waals surface area contributed by atoms with Gasteiger partial charge in [-0.1, -0.05) is 30.6 Å². The van der Waals surface area contributed by atoms with E-state index in [1.807, 2.05) is 7.11 Å². The molecule has 2 aliphatic carbocycles. The van der Waals surface area contributed by atoms with Gasteiger partial charge in [0, 0.05) is 37.4 Å². The lowest BCUT2D eigenvalue weighted by Gasteiger charge is -2.47. The highest BCUT2D eigenvalue weighted by Gasteiger charge is 2.42. The van der Waals surface area contributed by atoms with Gasteiger partial charge in [-0.05, 0) is 81.5 Å². The van der Waals surface area contributed by atoms with Crippen molar-refractivity contribution in [3.05, 3.63) is 29.3 Å². The SMILES string of the molecule is COC(=O)C1CCC(c2nnc(-c3ccc(N4CCC(OC)(C5CCCCC5)CC4)cc3)s2)CC1. The number of esters is 1. The lowest BCUT2D eigenvalue weighted by molar-refractivity contribution is -0.146. The fourth-order valence-electron chi connectivity index (χ4n) is 6.62. The van der Waals surface area contributed by atoms with Crippen molar-refractivity contribution in [2.75, 3.05) is 32.2 Å². The third-order valence-corrected chi connectivity index (χ3v) is 10.0. The first-order valence-corrected chi connectivity index (χ1v) is 14.3. The van der Waals surface area contributed by atoms with E-state index in [0.29, 0.717) is 5.92 Å². The molecule has 6 nitrogen and oxygen atoms in total. The zero-order chi connectivity index (χ0) is 24.3. The molecule has 1 aliphatic heterocycles. The summed E-state index contributed by atoms with van der Waals surface area (Å²) in [5, 5.41) is 11.1. The molecule has 3 fully saturated rings. The molecule has 3 aliphatic rings. The van der Waals surface area contributed by atoms with Gasteiger partial charge in [-0.3, -0.25) is 4.79 Å². The first kappa shape index (κ1) is 24.7. The summed E-state index contributed by atoms with van der Waals surface area (Å²) >= 11 is 1.70. The van der Waals surface area contributed by atoms with Crippen LogP contribution in [0.2, 0.25) is 0 Å². The summed E-state index contributed by atoms with van der Waals surface area (Å²) in [4.78, 5) is 14.3. The van der Waals surface area contributed by atoms with Crippen molar-refractivity contribution < 1.29 is 14.3 Å². The van der Waals surface area contributed by atoms with Crippen LogP contribution in [-0.2, 0) is 14.3 Å². The number of aromatic nitrogens is 2. The van der Waals surface area contributed by atoms with Gasteiger partial charge >= 0.3 is 5.97 Å². The summed E-state index contributed by atoms with van der Waals surface area (Å²) in [5.41, 5.74) is 2.50. The lowest BCUT2D eigenvalue weighted by Crippen LogP contribution is -2.50. The van der Waals surface area contributed by atoms with E-state index in [1.165, 1.54) is 44.9 Å². The molecule has 1 aromatic heterocycles. The van der Waals surface area contributed by atoms with Crippen molar-refractivity contribution in [2.45, 2.75) is 82.1 Å². The Morgan fingerprint density at radius 2 is 1.63 bits per heavy atom. The molecule has 0 N–H and O–H groups in total. The van der Waals surface area contributed by atoms with E-state index in [2.05, 4.69) is 39.4 Å². The van der Waals surface area contributed by atoms with E-state index in [4.69, 9.17) is 9.47 Å². The number of carbonyl (C=O) groups is 1. The number of benzene rings is 1. The number of methoxy groups -OCH3 is 2. The third-order valence-electron chi connectivity index (χ3n) is 8.90. The van der Waals surface area contributed by atoms with Crippen molar-refractivity contribution in [3.8, 4) is 10.6 Å². The number of ether oxygens (including phenoxy) is 2. The molecule has 0 bridgehead atoms. The zero-order valence-corrected chi connectivity index (χ0v) is 22.0. The van der Waals surface area contributed by atoms with Crippen LogP contribution in [0.5, 0.6) is 0 Å². The minimum atomic E-state index is -0.0721. The molecular weight excluding hydrogens is 458 g/mol. The van der Waals surface area contributed by atoms with Crippen molar-refractivity contribution in [1.82, 2.24) is 10.2 Å². The Morgan fingerprint density at radius 1 is 0.943 bits per heavy atom. The molecule has 0 unspecified atom stereocenters. The molecule has 0 atom stereocenters. The van der Waals surface area contributed by atoms with Gasteiger partial charge < -0.3 is 14.4 Å². The number of hydrogen-bond acceptors (Lipinski definition) is 7. The Labute approximate surface area is 213 Å². The Kier molecular flexibility index (Phi) is 7.73. The van der Waals surface area contributed by atoms with Crippen molar-refractivity contribution >= 4 is 23.0 Å². The van der Waals surface area contributed by atoms with Crippen LogP contribution in [-0.4, -0.2) is 49.1 Å².